The number of aromatic hydroxyl groups is 1. The molecule has 9 nitrogen and oxygen atoms in total. The Kier molecular flexibility index (Phi) is 10.3. The molecular weight excluding hydrogens is 665 g/mol. The average Bonchev–Trinajstić information content (AvgIpc) is 3.19. The molecule has 4 aromatic carbocycles. The summed E-state index contributed by atoms with van der Waals surface area (Å²) in [5, 5.41) is 15.9. The van der Waals surface area contributed by atoms with Crippen LogP contribution in [0.4, 0.5) is 11.4 Å². The molecule has 3 N–H and O–H groups in total. The first kappa shape index (κ1) is 35.0. The predicted octanol–water partition coefficient (Wildman–Crippen LogP) is 7.02. The standard InChI is InChI=1S/C44H50N4O5/c1-52-40-25-34(11-13-36(40)43-37-14-12-35(49)26-41(37)53-28-38(43)32-5-3-2-4-6-32)48-23-17-29(18-24-48)27-47-21-19-31(20-22-47)30-7-9-33(10-8-30)45-39-15-16-42(50)46-44(39)51/h2-14,25-26,29,31,38-39,43,45,49H,15-24,27-28H2,1H3,(H,46,50,51)/t38-,39?,43-/m1/s1. The van der Waals surface area contributed by atoms with Crippen molar-refractivity contribution < 1.29 is 24.2 Å². The lowest BCUT2D eigenvalue weighted by Crippen LogP contribution is -2.47. The van der Waals surface area contributed by atoms with E-state index in [1.807, 2.05) is 12.1 Å². The number of ether oxygens (including phenoxy) is 2. The largest absolute Gasteiger partial charge is 0.508 e. The second kappa shape index (κ2) is 15.5. The zero-order valence-electron chi connectivity index (χ0n) is 30.5. The Hall–Kier alpha value is -5.02. The van der Waals surface area contributed by atoms with Crippen molar-refractivity contribution >= 4 is 23.2 Å². The van der Waals surface area contributed by atoms with Crippen LogP contribution in [-0.2, 0) is 9.59 Å². The molecule has 3 atom stereocenters. The van der Waals surface area contributed by atoms with Gasteiger partial charge in [-0.1, -0.05) is 54.6 Å². The van der Waals surface area contributed by atoms with Crippen LogP contribution in [0.25, 0.3) is 0 Å². The van der Waals surface area contributed by atoms with Crippen LogP contribution >= 0.6 is 0 Å². The van der Waals surface area contributed by atoms with Crippen LogP contribution in [0.5, 0.6) is 17.2 Å². The maximum atomic E-state index is 12.1. The molecule has 2 amide bonds. The minimum atomic E-state index is -0.358. The van der Waals surface area contributed by atoms with Crippen molar-refractivity contribution in [1.82, 2.24) is 10.2 Å². The second-order valence-corrected chi connectivity index (χ2v) is 15.2. The molecule has 0 spiro atoms. The number of fused-ring (bicyclic) bond motifs is 1. The van der Waals surface area contributed by atoms with Gasteiger partial charge in [0.25, 0.3) is 0 Å². The third-order valence-electron chi connectivity index (χ3n) is 12.0. The van der Waals surface area contributed by atoms with Crippen LogP contribution in [0.2, 0.25) is 0 Å². The predicted molar refractivity (Wildman–Crippen MR) is 207 cm³/mol. The Morgan fingerprint density at radius 1 is 0.830 bits per heavy atom. The van der Waals surface area contributed by atoms with Gasteiger partial charge >= 0.3 is 0 Å². The van der Waals surface area contributed by atoms with Gasteiger partial charge < -0.3 is 29.7 Å². The van der Waals surface area contributed by atoms with Crippen molar-refractivity contribution in [3.63, 3.8) is 0 Å². The normalized spacial score (nSPS) is 22.8. The summed E-state index contributed by atoms with van der Waals surface area (Å²) in [5.41, 5.74) is 6.92. The Morgan fingerprint density at radius 3 is 2.32 bits per heavy atom. The van der Waals surface area contributed by atoms with Crippen LogP contribution in [0.15, 0.2) is 91.0 Å². The number of benzene rings is 4. The van der Waals surface area contributed by atoms with Gasteiger partial charge in [-0.2, -0.15) is 0 Å². The van der Waals surface area contributed by atoms with E-state index in [2.05, 4.69) is 87.2 Å². The van der Waals surface area contributed by atoms with E-state index >= 15 is 0 Å². The van der Waals surface area contributed by atoms with Gasteiger partial charge in [-0.3, -0.25) is 14.9 Å². The zero-order valence-corrected chi connectivity index (χ0v) is 30.5. The SMILES string of the molecule is COc1cc(N2CCC(CN3CCC(c4ccc(NC5CCC(=O)NC5=O)cc4)CC3)CC2)ccc1[C@@H]1c2ccc(O)cc2OC[C@@H]1c1ccccc1. The summed E-state index contributed by atoms with van der Waals surface area (Å²) < 4.78 is 12.3. The fraction of sp³-hybridized carbons (Fsp3) is 0.409. The highest BCUT2D eigenvalue weighted by molar-refractivity contribution is 6.01. The lowest BCUT2D eigenvalue weighted by molar-refractivity contribution is -0.133. The van der Waals surface area contributed by atoms with E-state index in [-0.39, 0.29) is 35.4 Å². The van der Waals surface area contributed by atoms with Gasteiger partial charge in [-0.25, -0.2) is 0 Å². The lowest BCUT2D eigenvalue weighted by atomic mass is 9.75. The molecule has 4 heterocycles. The lowest BCUT2D eigenvalue weighted by Gasteiger charge is -2.39. The van der Waals surface area contributed by atoms with E-state index in [1.165, 1.54) is 29.7 Å². The molecular formula is C44H50N4O5. The van der Waals surface area contributed by atoms with Gasteiger partial charge in [-0.05, 0) is 92.4 Å². The number of anilines is 2. The van der Waals surface area contributed by atoms with E-state index in [9.17, 15) is 14.7 Å². The van der Waals surface area contributed by atoms with E-state index in [4.69, 9.17) is 9.47 Å². The molecule has 9 heteroatoms. The topological polar surface area (TPSA) is 103 Å². The molecule has 53 heavy (non-hydrogen) atoms. The van der Waals surface area contributed by atoms with Gasteiger partial charge in [0, 0.05) is 72.5 Å². The number of amides is 2. The van der Waals surface area contributed by atoms with Crippen molar-refractivity contribution in [2.24, 2.45) is 5.92 Å². The molecule has 1 unspecified atom stereocenters. The number of nitrogens with zero attached hydrogens (tertiary/aromatic N) is 2. The van der Waals surface area contributed by atoms with Crippen molar-refractivity contribution in [3.05, 3.63) is 113 Å². The van der Waals surface area contributed by atoms with Crippen LogP contribution < -0.4 is 25.0 Å². The van der Waals surface area contributed by atoms with Gasteiger partial charge in [0.1, 0.15) is 23.3 Å². The Morgan fingerprint density at radius 2 is 1.58 bits per heavy atom. The average molecular weight is 715 g/mol. The third-order valence-corrected chi connectivity index (χ3v) is 12.0. The number of methoxy groups -OCH3 is 1. The fourth-order valence-electron chi connectivity index (χ4n) is 9.00. The van der Waals surface area contributed by atoms with Crippen molar-refractivity contribution in [3.8, 4) is 17.2 Å². The number of phenols is 1. The van der Waals surface area contributed by atoms with Crippen LogP contribution in [-0.4, -0.2) is 74.3 Å². The summed E-state index contributed by atoms with van der Waals surface area (Å²) in [7, 11) is 1.77. The Balaban J connectivity index is 0.858. The zero-order chi connectivity index (χ0) is 36.3. The first-order valence-corrected chi connectivity index (χ1v) is 19.3. The Labute approximate surface area is 312 Å². The maximum Gasteiger partial charge on any atom is 0.249 e. The quantitative estimate of drug-likeness (QED) is 0.159. The molecule has 0 radical (unpaired) electrons. The molecule has 0 aromatic heterocycles. The van der Waals surface area contributed by atoms with Crippen LogP contribution in [0, 0.1) is 5.92 Å². The van der Waals surface area contributed by atoms with Crippen molar-refractivity contribution in [2.75, 3.05) is 56.7 Å². The monoisotopic (exact) mass is 714 g/mol. The molecule has 276 valence electrons. The van der Waals surface area contributed by atoms with E-state index in [0.29, 0.717) is 31.3 Å². The van der Waals surface area contributed by atoms with Gasteiger partial charge in [0.05, 0.1) is 13.7 Å². The minimum Gasteiger partial charge on any atom is -0.508 e. The summed E-state index contributed by atoms with van der Waals surface area (Å²) in [6.07, 6.45) is 5.59. The second-order valence-electron chi connectivity index (χ2n) is 15.2. The molecule has 4 aliphatic rings. The van der Waals surface area contributed by atoms with E-state index in [0.717, 1.165) is 73.9 Å². The summed E-state index contributed by atoms with van der Waals surface area (Å²) in [4.78, 5) is 28.8. The molecule has 0 saturated carbocycles. The Bertz CT molecular complexity index is 1900. The van der Waals surface area contributed by atoms with E-state index in [1.54, 1.807) is 19.2 Å². The molecule has 3 saturated heterocycles. The number of rotatable bonds is 9. The van der Waals surface area contributed by atoms with E-state index < -0.39 is 0 Å². The smallest absolute Gasteiger partial charge is 0.249 e. The number of carbonyl (C=O) groups excluding carboxylic acids is 2. The number of phenolic OH excluding ortho intramolecular Hbond substituents is 1. The van der Waals surface area contributed by atoms with Crippen LogP contribution in [0.3, 0.4) is 0 Å². The first-order chi connectivity index (χ1) is 25.9. The molecule has 8 rings (SSSR count). The number of carbonyl (C=O) groups is 2. The molecule has 0 aliphatic carbocycles. The molecule has 3 fully saturated rings. The number of piperidine rings is 3. The number of imide groups is 1. The van der Waals surface area contributed by atoms with Gasteiger partial charge in [-0.15, -0.1) is 0 Å². The highest BCUT2D eigenvalue weighted by atomic mass is 16.5. The van der Waals surface area contributed by atoms with Crippen LogP contribution in [0.1, 0.15) is 78.5 Å². The number of hydrogen-bond donors (Lipinski definition) is 3. The summed E-state index contributed by atoms with van der Waals surface area (Å²) in [6.45, 7) is 6.01. The van der Waals surface area contributed by atoms with Gasteiger partial charge in [0.2, 0.25) is 11.8 Å². The minimum absolute atomic E-state index is 0.0296. The number of hydrogen-bond acceptors (Lipinski definition) is 8. The molecule has 4 aliphatic heterocycles. The maximum absolute atomic E-state index is 12.1. The summed E-state index contributed by atoms with van der Waals surface area (Å²) in [5.74, 6) is 2.80. The summed E-state index contributed by atoms with van der Waals surface area (Å²) in [6, 6.07) is 30.9. The van der Waals surface area contributed by atoms with Crippen molar-refractivity contribution in [2.45, 2.75) is 62.3 Å². The molecule has 0 bridgehead atoms. The number of nitrogens with one attached hydrogen (secondary N) is 2. The molecule has 4 aromatic rings. The number of likely N-dealkylation sites (tertiary alicyclic amines) is 1. The van der Waals surface area contributed by atoms with Gasteiger partial charge in [0.15, 0.2) is 0 Å². The highest BCUT2D eigenvalue weighted by Crippen LogP contribution is 2.49. The third kappa shape index (κ3) is 7.72. The summed E-state index contributed by atoms with van der Waals surface area (Å²) >= 11 is 0. The first-order valence-electron chi connectivity index (χ1n) is 19.3. The fourth-order valence-corrected chi connectivity index (χ4v) is 9.00. The highest BCUT2D eigenvalue weighted by Gasteiger charge is 2.36. The van der Waals surface area contributed by atoms with Crippen molar-refractivity contribution in [1.29, 1.82) is 0 Å².